The molecule has 2 aromatic rings. The van der Waals surface area contributed by atoms with Crippen molar-refractivity contribution < 1.29 is 9.84 Å². The molecule has 1 heterocycles. The van der Waals surface area contributed by atoms with Crippen LogP contribution in [0.3, 0.4) is 0 Å². The average molecular weight is 247 g/mol. The van der Waals surface area contributed by atoms with Gasteiger partial charge >= 0.3 is 0 Å². The lowest BCUT2D eigenvalue weighted by atomic mass is 10.2. The molecule has 0 unspecified atom stereocenters. The second kappa shape index (κ2) is 4.79. The molecule has 0 aliphatic heterocycles. The van der Waals surface area contributed by atoms with Crippen LogP contribution in [0.15, 0.2) is 29.1 Å². The zero-order valence-electron chi connectivity index (χ0n) is 10.0. The maximum Gasteiger partial charge on any atom is 0.256 e. The highest BCUT2D eigenvalue weighted by Crippen LogP contribution is 2.27. The number of methoxy groups -OCH3 is 1. The summed E-state index contributed by atoms with van der Waals surface area (Å²) >= 11 is 0. The summed E-state index contributed by atoms with van der Waals surface area (Å²) in [5.41, 5.74) is 1.25. The number of aromatic amines is 1. The summed E-state index contributed by atoms with van der Waals surface area (Å²) in [6.07, 6.45) is 0. The average Bonchev–Trinajstić information content (AvgIpc) is 2.27. The first-order valence-electron chi connectivity index (χ1n) is 5.30. The third kappa shape index (κ3) is 2.60. The number of rotatable bonds is 3. The highest BCUT2D eigenvalue weighted by atomic mass is 16.5. The van der Waals surface area contributed by atoms with E-state index in [-0.39, 0.29) is 11.8 Å². The van der Waals surface area contributed by atoms with Crippen LogP contribution in [0.2, 0.25) is 0 Å². The summed E-state index contributed by atoms with van der Waals surface area (Å²) in [4.78, 5) is 17.4. The maximum atomic E-state index is 11.2. The van der Waals surface area contributed by atoms with Crippen LogP contribution < -0.4 is 15.6 Å². The van der Waals surface area contributed by atoms with Crippen LogP contribution in [-0.4, -0.2) is 22.2 Å². The number of benzene rings is 1. The van der Waals surface area contributed by atoms with Gasteiger partial charge in [0.15, 0.2) is 0 Å². The summed E-state index contributed by atoms with van der Waals surface area (Å²) < 4.78 is 5.19. The van der Waals surface area contributed by atoms with Crippen molar-refractivity contribution in [2.24, 2.45) is 0 Å². The Balaban J connectivity index is 2.38. The quantitative estimate of drug-likeness (QED) is 0.765. The molecule has 0 radical (unpaired) electrons. The predicted molar refractivity (Wildman–Crippen MR) is 67.5 cm³/mol. The lowest BCUT2D eigenvalue weighted by Gasteiger charge is -2.11. The number of ether oxygens (including phenoxy) is 1. The number of hydrogen-bond donors (Lipinski definition) is 3. The van der Waals surface area contributed by atoms with Gasteiger partial charge in [0, 0.05) is 0 Å². The molecule has 0 bridgehead atoms. The van der Waals surface area contributed by atoms with Gasteiger partial charge in [-0.1, -0.05) is 6.07 Å². The van der Waals surface area contributed by atoms with E-state index in [2.05, 4.69) is 15.3 Å². The largest absolute Gasteiger partial charge is 0.495 e. The van der Waals surface area contributed by atoms with Gasteiger partial charge in [-0.05, 0) is 24.6 Å². The molecule has 0 spiro atoms. The van der Waals surface area contributed by atoms with Crippen molar-refractivity contribution in [2.45, 2.75) is 6.92 Å². The number of anilines is 2. The van der Waals surface area contributed by atoms with E-state index >= 15 is 0 Å². The van der Waals surface area contributed by atoms with Crippen molar-refractivity contribution in [3.63, 3.8) is 0 Å². The lowest BCUT2D eigenvalue weighted by Crippen LogP contribution is -2.09. The number of aryl methyl sites for hydroxylation is 1. The predicted octanol–water partition coefficient (Wildman–Crippen LogP) is 1.54. The Bertz CT molecular complexity index is 622. The fraction of sp³-hybridized carbons (Fsp3) is 0.167. The standard InChI is InChI=1S/C12H13N3O3/c1-7-3-4-9(18-2)8(5-7)13-12-14-10(16)6-11(17)15-12/h3-6H,1-2H3,(H3,13,14,15,16,17). The Morgan fingerprint density at radius 3 is 2.83 bits per heavy atom. The number of H-pyrrole nitrogens is 1. The van der Waals surface area contributed by atoms with E-state index in [1.165, 1.54) is 0 Å². The van der Waals surface area contributed by atoms with E-state index in [0.29, 0.717) is 11.4 Å². The molecule has 0 amide bonds. The van der Waals surface area contributed by atoms with Crippen molar-refractivity contribution in [3.05, 3.63) is 40.2 Å². The molecule has 6 nitrogen and oxygen atoms in total. The van der Waals surface area contributed by atoms with Gasteiger partial charge in [-0.2, -0.15) is 4.98 Å². The summed E-state index contributed by atoms with van der Waals surface area (Å²) in [7, 11) is 1.55. The Labute approximate surface area is 103 Å². The minimum Gasteiger partial charge on any atom is -0.495 e. The minimum absolute atomic E-state index is 0.156. The number of nitrogens with one attached hydrogen (secondary N) is 2. The van der Waals surface area contributed by atoms with Crippen molar-refractivity contribution in [2.75, 3.05) is 12.4 Å². The van der Waals surface area contributed by atoms with E-state index in [9.17, 15) is 9.90 Å². The highest BCUT2D eigenvalue weighted by Gasteiger charge is 2.06. The Kier molecular flexibility index (Phi) is 3.18. The molecule has 0 aliphatic rings. The zero-order valence-corrected chi connectivity index (χ0v) is 10.0. The molecule has 94 valence electrons. The first-order valence-corrected chi connectivity index (χ1v) is 5.30. The molecule has 0 fully saturated rings. The van der Waals surface area contributed by atoms with Gasteiger partial charge in [-0.3, -0.25) is 9.78 Å². The first kappa shape index (κ1) is 12.0. The van der Waals surface area contributed by atoms with Crippen molar-refractivity contribution >= 4 is 11.6 Å². The van der Waals surface area contributed by atoms with Crippen LogP contribution in [0.1, 0.15) is 5.56 Å². The van der Waals surface area contributed by atoms with E-state index in [4.69, 9.17) is 4.74 Å². The first-order chi connectivity index (χ1) is 8.58. The molecule has 6 heteroatoms. The monoisotopic (exact) mass is 247 g/mol. The van der Waals surface area contributed by atoms with Gasteiger partial charge in [0.25, 0.3) is 5.56 Å². The molecule has 1 aromatic heterocycles. The zero-order chi connectivity index (χ0) is 13.1. The van der Waals surface area contributed by atoms with Crippen LogP contribution in [0.25, 0.3) is 0 Å². The molecule has 0 aliphatic carbocycles. The molecule has 0 atom stereocenters. The smallest absolute Gasteiger partial charge is 0.256 e. The summed E-state index contributed by atoms with van der Waals surface area (Å²) in [5.74, 6) is 0.434. The molecule has 18 heavy (non-hydrogen) atoms. The molecule has 0 saturated carbocycles. The highest BCUT2D eigenvalue weighted by molar-refractivity contribution is 5.63. The lowest BCUT2D eigenvalue weighted by molar-refractivity contribution is 0.416. The van der Waals surface area contributed by atoms with Crippen LogP contribution in [0.5, 0.6) is 11.6 Å². The Morgan fingerprint density at radius 2 is 2.17 bits per heavy atom. The number of nitrogens with zero attached hydrogens (tertiary/aromatic N) is 1. The summed E-state index contributed by atoms with van der Waals surface area (Å²) in [5, 5.41) is 12.1. The van der Waals surface area contributed by atoms with Crippen molar-refractivity contribution in [1.82, 2.24) is 9.97 Å². The summed E-state index contributed by atoms with van der Waals surface area (Å²) in [6.45, 7) is 1.93. The van der Waals surface area contributed by atoms with E-state index < -0.39 is 5.56 Å². The second-order valence-electron chi connectivity index (χ2n) is 3.78. The van der Waals surface area contributed by atoms with Gasteiger partial charge in [0.1, 0.15) is 5.75 Å². The number of hydrogen-bond acceptors (Lipinski definition) is 5. The van der Waals surface area contributed by atoms with E-state index in [1.54, 1.807) is 13.2 Å². The Morgan fingerprint density at radius 1 is 1.39 bits per heavy atom. The van der Waals surface area contributed by atoms with Crippen LogP contribution in [0, 0.1) is 6.92 Å². The molecule has 2 rings (SSSR count). The maximum absolute atomic E-state index is 11.2. The molecular formula is C12H13N3O3. The van der Waals surface area contributed by atoms with Gasteiger partial charge in [0.05, 0.1) is 18.9 Å². The second-order valence-corrected chi connectivity index (χ2v) is 3.78. The van der Waals surface area contributed by atoms with Gasteiger partial charge in [-0.15, -0.1) is 0 Å². The van der Waals surface area contributed by atoms with Crippen LogP contribution in [0.4, 0.5) is 11.6 Å². The number of aromatic hydroxyl groups is 1. The molecule has 0 saturated heterocycles. The van der Waals surface area contributed by atoms with Gasteiger partial charge in [-0.25, -0.2) is 0 Å². The van der Waals surface area contributed by atoms with E-state index in [0.717, 1.165) is 11.6 Å². The SMILES string of the molecule is COc1ccc(C)cc1Nc1nc(O)cc(=O)[nH]1. The fourth-order valence-corrected chi connectivity index (χ4v) is 1.55. The Hall–Kier alpha value is -2.50. The van der Waals surface area contributed by atoms with Gasteiger partial charge < -0.3 is 15.2 Å². The third-order valence-electron chi connectivity index (χ3n) is 2.34. The minimum atomic E-state index is -0.434. The van der Waals surface area contributed by atoms with Crippen molar-refractivity contribution in [3.8, 4) is 11.6 Å². The van der Waals surface area contributed by atoms with Crippen LogP contribution >= 0.6 is 0 Å². The van der Waals surface area contributed by atoms with Crippen molar-refractivity contribution in [1.29, 1.82) is 0 Å². The van der Waals surface area contributed by atoms with E-state index in [1.807, 2.05) is 19.1 Å². The summed E-state index contributed by atoms with van der Waals surface area (Å²) in [6, 6.07) is 6.56. The molecular weight excluding hydrogens is 234 g/mol. The fourth-order valence-electron chi connectivity index (χ4n) is 1.55. The molecule has 1 aromatic carbocycles. The topological polar surface area (TPSA) is 87.2 Å². The number of aromatic nitrogens is 2. The third-order valence-corrected chi connectivity index (χ3v) is 2.34. The van der Waals surface area contributed by atoms with Gasteiger partial charge in [0.2, 0.25) is 11.8 Å². The van der Waals surface area contributed by atoms with Crippen LogP contribution in [-0.2, 0) is 0 Å². The normalized spacial score (nSPS) is 10.1. The molecule has 3 N–H and O–H groups in total.